The van der Waals surface area contributed by atoms with Crippen LogP contribution < -0.4 is 11.1 Å². The number of hydrogen-bond donors (Lipinski definition) is 6. The summed E-state index contributed by atoms with van der Waals surface area (Å²) in [5, 5.41) is 48.3. The summed E-state index contributed by atoms with van der Waals surface area (Å²) in [7, 11) is 3.36. The van der Waals surface area contributed by atoms with Crippen molar-refractivity contribution in [2.24, 2.45) is 17.6 Å². The van der Waals surface area contributed by atoms with Crippen LogP contribution in [0.2, 0.25) is 0 Å². The molecule has 0 bridgehead atoms. The molecule has 0 aromatic heterocycles. The van der Waals surface area contributed by atoms with Crippen molar-refractivity contribution in [1.82, 2.24) is 15.1 Å². The van der Waals surface area contributed by atoms with E-state index in [-0.39, 0.29) is 35.6 Å². The van der Waals surface area contributed by atoms with E-state index in [9.17, 15) is 34.8 Å². The van der Waals surface area contributed by atoms with Gasteiger partial charge in [-0.3, -0.25) is 24.2 Å². The Labute approximate surface area is 270 Å². The highest BCUT2D eigenvalue weighted by molar-refractivity contribution is 6.14. The number of primary amides is 1. The second-order valence-corrected chi connectivity index (χ2v) is 13.1. The van der Waals surface area contributed by atoms with Crippen LogP contribution in [-0.2, 0) is 20.7 Å². The quantitative estimate of drug-likeness (QED) is 0.235. The number of phenolic OH excluding ortho intramolecular Hbond substituents is 1. The Balaban J connectivity index is 1.23. The van der Waals surface area contributed by atoms with Gasteiger partial charge in [0.05, 0.1) is 24.8 Å². The fourth-order valence-corrected chi connectivity index (χ4v) is 8.21. The maximum Gasteiger partial charge on any atom is 0.253 e. The molecule has 2 aromatic rings. The highest BCUT2D eigenvalue weighted by atomic mass is 16.8. The molecule has 2 heterocycles. The van der Waals surface area contributed by atoms with E-state index >= 15 is 0 Å². The fourth-order valence-electron chi connectivity index (χ4n) is 8.21. The van der Waals surface area contributed by atoms with Crippen molar-refractivity contribution in [3.05, 3.63) is 75.8 Å². The number of Topliss-reactive ketones (excluding diaryl/α,β-unsaturated/α-hetero) is 1. The number of carbonyl (C=O) groups excluding carboxylic acids is 3. The summed E-state index contributed by atoms with van der Waals surface area (Å²) in [5.41, 5.74) is 5.43. The lowest BCUT2D eigenvalue weighted by Crippen LogP contribution is -2.57. The molecule has 0 radical (unpaired) electrons. The lowest BCUT2D eigenvalue weighted by molar-refractivity contribution is -0.117. The van der Waals surface area contributed by atoms with Gasteiger partial charge >= 0.3 is 0 Å². The standard InChI is InChI=1S/C34H38N4O9/c1-37(2)27-22-16-19-15-21-20(17-4-3-5-18(14-17)32(44)36-8-9-38-10-12-46-13-11-38)6-7-23(39)25(21)28(40)24(19)30(42)33(22)34(45,47-33)26(29(27)41)31(35)43/h3-7,14,19,22,27,39,41-42,45H,8-13,15-16H2,1-2H3,(H2,35,43)(H,36,44)/t19-,22-,27-,33-,34?/m0/s1. The van der Waals surface area contributed by atoms with Crippen molar-refractivity contribution in [2.75, 3.05) is 53.5 Å². The molecule has 2 aliphatic heterocycles. The number of fused-ring (bicyclic) bond motifs is 2. The SMILES string of the molecule is CN(C)[C@@H]1C(O)=C(C(N)=O)C2(O)O[C@@]23C(O)=C2C(=O)c4c(O)ccc(-c5cccc(C(=O)NCCN6CCOCC6)c5)c4C[C@H]2C[C@@H]13. The van der Waals surface area contributed by atoms with Gasteiger partial charge in [0.25, 0.3) is 11.8 Å². The van der Waals surface area contributed by atoms with Crippen molar-refractivity contribution in [3.8, 4) is 16.9 Å². The van der Waals surface area contributed by atoms with Crippen molar-refractivity contribution in [3.63, 3.8) is 0 Å². The Morgan fingerprint density at radius 3 is 2.57 bits per heavy atom. The zero-order valence-corrected chi connectivity index (χ0v) is 26.2. The molecule has 13 nitrogen and oxygen atoms in total. The number of aliphatic hydroxyl groups excluding tert-OH is 2. The topological polar surface area (TPSA) is 198 Å². The molecule has 0 saturated carbocycles. The number of nitrogens with one attached hydrogen (secondary N) is 1. The molecule has 7 rings (SSSR count). The number of rotatable bonds is 7. The van der Waals surface area contributed by atoms with Crippen molar-refractivity contribution in [2.45, 2.75) is 30.3 Å². The average Bonchev–Trinajstić information content (AvgIpc) is 3.67. The molecule has 1 unspecified atom stereocenters. The summed E-state index contributed by atoms with van der Waals surface area (Å²) in [4.78, 5) is 43.5. The summed E-state index contributed by atoms with van der Waals surface area (Å²) in [6, 6.07) is 9.30. The van der Waals surface area contributed by atoms with Crippen LogP contribution in [0.15, 0.2) is 59.1 Å². The molecule has 5 atom stereocenters. The predicted octanol–water partition coefficient (Wildman–Crippen LogP) is 1.01. The maximum atomic E-state index is 14.2. The third kappa shape index (κ3) is 4.59. The van der Waals surface area contributed by atoms with Gasteiger partial charge in [-0.25, -0.2) is 0 Å². The van der Waals surface area contributed by atoms with Crippen molar-refractivity contribution in [1.29, 1.82) is 0 Å². The molecule has 1 spiro atoms. The number of likely N-dealkylation sites (N-methyl/N-ethyl adjacent to an activating group) is 1. The first-order valence-corrected chi connectivity index (χ1v) is 15.7. The third-order valence-electron chi connectivity index (χ3n) is 10.4. The van der Waals surface area contributed by atoms with Crippen LogP contribution in [0.3, 0.4) is 0 Å². The zero-order chi connectivity index (χ0) is 33.4. The smallest absolute Gasteiger partial charge is 0.253 e. The number of ketones is 1. The van der Waals surface area contributed by atoms with E-state index in [1.165, 1.54) is 6.07 Å². The van der Waals surface area contributed by atoms with Crippen LogP contribution in [0.25, 0.3) is 11.1 Å². The average molecular weight is 647 g/mol. The molecule has 2 aromatic carbocycles. The molecule has 5 aliphatic rings. The minimum absolute atomic E-state index is 0.00758. The number of hydrogen-bond acceptors (Lipinski definition) is 11. The Morgan fingerprint density at radius 1 is 1.13 bits per heavy atom. The van der Waals surface area contributed by atoms with Gasteiger partial charge in [-0.1, -0.05) is 18.2 Å². The minimum atomic E-state index is -2.41. The highest BCUT2D eigenvalue weighted by Crippen LogP contribution is 2.68. The van der Waals surface area contributed by atoms with E-state index < -0.39 is 58.0 Å². The molecule has 7 N–H and O–H groups in total. The number of benzene rings is 2. The van der Waals surface area contributed by atoms with E-state index in [1.807, 2.05) is 6.07 Å². The van der Waals surface area contributed by atoms with E-state index in [2.05, 4.69) is 10.2 Å². The number of ether oxygens (including phenoxy) is 2. The lowest BCUT2D eigenvalue weighted by Gasteiger charge is -2.46. The Bertz CT molecular complexity index is 1760. The van der Waals surface area contributed by atoms with Crippen LogP contribution in [-0.4, -0.2) is 119 Å². The number of allylic oxidation sites excluding steroid dienone is 1. The van der Waals surface area contributed by atoms with E-state index in [0.717, 1.165) is 13.1 Å². The van der Waals surface area contributed by atoms with Gasteiger partial charge in [-0.2, -0.15) is 0 Å². The molecule has 2 saturated heterocycles. The number of nitrogens with zero attached hydrogens (tertiary/aromatic N) is 2. The molecule has 13 heteroatoms. The van der Waals surface area contributed by atoms with Crippen molar-refractivity contribution >= 4 is 17.6 Å². The Hall–Kier alpha value is -4.27. The molecular formula is C34H38N4O9. The summed E-state index contributed by atoms with van der Waals surface area (Å²) in [5.74, 6) is -6.95. The summed E-state index contributed by atoms with van der Waals surface area (Å²) in [6.07, 6.45) is 0.436. The minimum Gasteiger partial charge on any atom is -0.510 e. The number of morpholine rings is 1. The van der Waals surface area contributed by atoms with Gasteiger partial charge in [0.15, 0.2) is 11.4 Å². The second kappa shape index (κ2) is 11.2. The van der Waals surface area contributed by atoms with Crippen LogP contribution in [0, 0.1) is 11.8 Å². The predicted molar refractivity (Wildman–Crippen MR) is 168 cm³/mol. The van der Waals surface area contributed by atoms with Gasteiger partial charge in [0.1, 0.15) is 22.8 Å². The number of amides is 2. The number of aliphatic hydroxyl groups is 3. The number of carbonyl (C=O) groups is 3. The lowest BCUT2D eigenvalue weighted by atomic mass is 9.60. The normalized spacial score (nSPS) is 30.0. The molecule has 2 fully saturated rings. The van der Waals surface area contributed by atoms with Gasteiger partial charge in [-0.15, -0.1) is 0 Å². The Kier molecular flexibility index (Phi) is 7.45. The number of nitrogens with two attached hydrogens (primary N) is 1. The number of aromatic hydroxyl groups is 1. The third-order valence-corrected chi connectivity index (χ3v) is 10.4. The van der Waals surface area contributed by atoms with Gasteiger partial charge in [0, 0.05) is 43.2 Å². The van der Waals surface area contributed by atoms with E-state index in [4.69, 9.17) is 15.2 Å². The monoisotopic (exact) mass is 646 g/mol. The second-order valence-electron chi connectivity index (χ2n) is 13.1. The van der Waals surface area contributed by atoms with E-state index in [0.29, 0.717) is 48.6 Å². The zero-order valence-electron chi connectivity index (χ0n) is 26.2. The first kappa shape index (κ1) is 31.3. The summed E-state index contributed by atoms with van der Waals surface area (Å²) < 4.78 is 11.1. The summed E-state index contributed by atoms with van der Waals surface area (Å²) in [6.45, 7) is 4.19. The molecule has 2 amide bonds. The largest absolute Gasteiger partial charge is 0.510 e. The Morgan fingerprint density at radius 2 is 1.87 bits per heavy atom. The van der Waals surface area contributed by atoms with Gasteiger partial charge in [-0.05, 0) is 67.7 Å². The van der Waals surface area contributed by atoms with Crippen molar-refractivity contribution < 1.29 is 44.3 Å². The van der Waals surface area contributed by atoms with Crippen LogP contribution in [0.1, 0.15) is 32.7 Å². The number of epoxide rings is 1. The molecule has 47 heavy (non-hydrogen) atoms. The van der Waals surface area contributed by atoms with Gasteiger partial charge < -0.3 is 41.0 Å². The fraction of sp³-hybridized carbons (Fsp3) is 0.441. The van der Waals surface area contributed by atoms with Crippen LogP contribution in [0.5, 0.6) is 5.75 Å². The molecule has 248 valence electrons. The van der Waals surface area contributed by atoms with Gasteiger partial charge in [0.2, 0.25) is 5.79 Å². The molecular weight excluding hydrogens is 608 g/mol. The van der Waals surface area contributed by atoms with Crippen LogP contribution in [0.4, 0.5) is 0 Å². The van der Waals surface area contributed by atoms with Crippen LogP contribution >= 0.6 is 0 Å². The number of phenols is 1. The first-order chi connectivity index (χ1) is 22.4. The maximum absolute atomic E-state index is 14.2. The first-order valence-electron chi connectivity index (χ1n) is 15.7. The highest BCUT2D eigenvalue weighted by Gasteiger charge is 2.84. The molecule has 3 aliphatic carbocycles. The van der Waals surface area contributed by atoms with E-state index in [1.54, 1.807) is 43.3 Å². The summed E-state index contributed by atoms with van der Waals surface area (Å²) >= 11 is 0.